The molecule has 106 valence electrons. The summed E-state index contributed by atoms with van der Waals surface area (Å²) in [4.78, 5) is 4.03. The summed E-state index contributed by atoms with van der Waals surface area (Å²) < 4.78 is 2.19. The van der Waals surface area contributed by atoms with E-state index in [1.807, 2.05) is 12.1 Å². The minimum Gasteiger partial charge on any atom is -0.346 e. The molecule has 0 fully saturated rings. The van der Waals surface area contributed by atoms with Gasteiger partial charge in [0.2, 0.25) is 0 Å². The van der Waals surface area contributed by atoms with Crippen LogP contribution in [-0.4, -0.2) is 33.2 Å². The lowest BCUT2D eigenvalue weighted by Gasteiger charge is -2.08. The Morgan fingerprint density at radius 1 is 1.19 bits per heavy atom. The van der Waals surface area contributed by atoms with E-state index < -0.39 is 0 Å². The molecule has 0 saturated heterocycles. The molecule has 21 heavy (non-hydrogen) atoms. The van der Waals surface area contributed by atoms with Crippen LogP contribution in [0.15, 0.2) is 53.7 Å². The number of aromatic nitrogens is 4. The predicted molar refractivity (Wildman–Crippen MR) is 83.5 cm³/mol. The molecule has 5 nitrogen and oxygen atoms in total. The van der Waals surface area contributed by atoms with Crippen molar-refractivity contribution in [1.82, 2.24) is 20.0 Å². The van der Waals surface area contributed by atoms with Gasteiger partial charge in [0.15, 0.2) is 0 Å². The molecule has 2 heterocycles. The highest BCUT2D eigenvalue weighted by molar-refractivity contribution is 5.85. The van der Waals surface area contributed by atoms with Crippen molar-refractivity contribution in [1.29, 1.82) is 0 Å². The summed E-state index contributed by atoms with van der Waals surface area (Å²) >= 11 is 0. The zero-order valence-electron chi connectivity index (χ0n) is 11.9. The minimum absolute atomic E-state index is 0.831. The van der Waals surface area contributed by atoms with Gasteiger partial charge in [-0.1, -0.05) is 35.5 Å². The summed E-state index contributed by atoms with van der Waals surface area (Å²) in [5.41, 5.74) is 4.04. The highest BCUT2D eigenvalue weighted by Crippen LogP contribution is 2.20. The highest BCUT2D eigenvalue weighted by atomic mass is 15.3. The van der Waals surface area contributed by atoms with Crippen LogP contribution in [0.2, 0.25) is 0 Å². The van der Waals surface area contributed by atoms with Crippen LogP contribution < -0.4 is 0 Å². The molecule has 1 aromatic carbocycles. The van der Waals surface area contributed by atoms with Gasteiger partial charge in [0.1, 0.15) is 11.4 Å². The molecule has 0 aliphatic rings. The Labute approximate surface area is 123 Å². The van der Waals surface area contributed by atoms with E-state index in [1.165, 1.54) is 5.56 Å². The Morgan fingerprint density at radius 3 is 2.86 bits per heavy atom. The molecular formula is C16H17N5. The third kappa shape index (κ3) is 2.91. The Bertz CT molecular complexity index is 724. The van der Waals surface area contributed by atoms with Gasteiger partial charge in [-0.25, -0.2) is 0 Å². The van der Waals surface area contributed by atoms with Crippen molar-refractivity contribution < 1.29 is 0 Å². The van der Waals surface area contributed by atoms with Crippen LogP contribution in [0.4, 0.5) is 0 Å². The highest BCUT2D eigenvalue weighted by Gasteiger charge is 2.11. The number of nitrogens with one attached hydrogen (secondary N) is 1. The van der Waals surface area contributed by atoms with Crippen molar-refractivity contribution in [2.24, 2.45) is 4.99 Å². The molecule has 0 atom stereocenters. The molecule has 0 aliphatic heterocycles. The van der Waals surface area contributed by atoms with Gasteiger partial charge >= 0.3 is 0 Å². The zero-order chi connectivity index (χ0) is 14.5. The van der Waals surface area contributed by atoms with Crippen molar-refractivity contribution in [3.8, 4) is 11.4 Å². The van der Waals surface area contributed by atoms with Crippen molar-refractivity contribution in [3.05, 3.63) is 59.9 Å². The first-order chi connectivity index (χ1) is 10.4. The number of benzene rings is 1. The molecule has 0 radical (unpaired) electrons. The van der Waals surface area contributed by atoms with Crippen molar-refractivity contribution in [3.63, 3.8) is 0 Å². The third-order valence-corrected chi connectivity index (χ3v) is 3.39. The molecule has 0 unspecified atom stereocenters. The monoisotopic (exact) mass is 279 g/mol. The number of aromatic amines is 1. The standard InChI is InChI=1S/C16H17N5/c1-17-12-14-16(19-20-18-14)15-8-5-10-21(15)11-9-13-6-3-2-4-7-13/h2-8,10,12H,9,11H2,1H3,(H,18,19,20)/b17-12+. The molecule has 0 amide bonds. The van der Waals surface area contributed by atoms with E-state index in [2.05, 4.69) is 61.5 Å². The molecule has 0 aliphatic carbocycles. The maximum absolute atomic E-state index is 4.18. The second-order valence-corrected chi connectivity index (χ2v) is 4.78. The van der Waals surface area contributed by atoms with Crippen molar-refractivity contribution in [2.45, 2.75) is 13.0 Å². The van der Waals surface area contributed by atoms with Crippen LogP contribution in [0.25, 0.3) is 11.4 Å². The topological polar surface area (TPSA) is 58.9 Å². The third-order valence-electron chi connectivity index (χ3n) is 3.39. The Kier molecular flexibility index (Phi) is 3.91. The van der Waals surface area contributed by atoms with Gasteiger partial charge in [-0.2, -0.15) is 0 Å². The molecule has 0 spiro atoms. The summed E-state index contributed by atoms with van der Waals surface area (Å²) in [5, 5.41) is 10.9. The lowest BCUT2D eigenvalue weighted by Crippen LogP contribution is -2.03. The first-order valence-electron chi connectivity index (χ1n) is 6.91. The maximum Gasteiger partial charge on any atom is 0.138 e. The van der Waals surface area contributed by atoms with E-state index >= 15 is 0 Å². The van der Waals surface area contributed by atoms with Crippen molar-refractivity contribution in [2.75, 3.05) is 7.05 Å². The number of hydrogen-bond acceptors (Lipinski definition) is 3. The first kappa shape index (κ1) is 13.3. The van der Waals surface area contributed by atoms with Gasteiger partial charge in [0.25, 0.3) is 0 Å². The summed E-state index contributed by atoms with van der Waals surface area (Å²) in [7, 11) is 1.74. The van der Waals surface area contributed by atoms with Crippen LogP contribution in [0.3, 0.4) is 0 Å². The van der Waals surface area contributed by atoms with Gasteiger partial charge < -0.3 is 4.57 Å². The largest absolute Gasteiger partial charge is 0.346 e. The van der Waals surface area contributed by atoms with E-state index in [0.717, 1.165) is 30.0 Å². The predicted octanol–water partition coefficient (Wildman–Crippen LogP) is 2.56. The van der Waals surface area contributed by atoms with Crippen LogP contribution in [0.1, 0.15) is 11.3 Å². The second kappa shape index (κ2) is 6.17. The average molecular weight is 279 g/mol. The average Bonchev–Trinajstić information content (AvgIpc) is 3.15. The van der Waals surface area contributed by atoms with Crippen molar-refractivity contribution >= 4 is 6.21 Å². The maximum atomic E-state index is 4.18. The van der Waals surface area contributed by atoms with Gasteiger partial charge in [-0.05, 0) is 24.1 Å². The molecular weight excluding hydrogens is 262 g/mol. The van der Waals surface area contributed by atoms with Gasteiger partial charge in [0.05, 0.1) is 5.69 Å². The van der Waals surface area contributed by atoms with Crippen LogP contribution in [0, 0.1) is 0 Å². The first-order valence-corrected chi connectivity index (χ1v) is 6.91. The van der Waals surface area contributed by atoms with Gasteiger partial charge in [0, 0.05) is 26.0 Å². The van der Waals surface area contributed by atoms with E-state index in [-0.39, 0.29) is 0 Å². The van der Waals surface area contributed by atoms with E-state index in [1.54, 1.807) is 13.3 Å². The van der Waals surface area contributed by atoms with E-state index in [4.69, 9.17) is 0 Å². The number of hydrogen-bond donors (Lipinski definition) is 1. The molecule has 0 bridgehead atoms. The fraction of sp³-hybridized carbons (Fsp3) is 0.188. The molecule has 3 rings (SSSR count). The van der Waals surface area contributed by atoms with Crippen LogP contribution >= 0.6 is 0 Å². The SMILES string of the molecule is C/N=C/c1[nH]nnc1-c1cccn1CCc1ccccc1. The smallest absolute Gasteiger partial charge is 0.138 e. The molecule has 3 aromatic rings. The molecule has 2 aromatic heterocycles. The summed E-state index contributed by atoms with van der Waals surface area (Å²) in [5.74, 6) is 0. The normalized spacial score (nSPS) is 11.3. The van der Waals surface area contributed by atoms with E-state index in [0.29, 0.717) is 0 Å². The Morgan fingerprint density at radius 2 is 2.05 bits per heavy atom. The Balaban J connectivity index is 1.82. The zero-order valence-corrected chi connectivity index (χ0v) is 11.9. The summed E-state index contributed by atoms with van der Waals surface area (Å²) in [6, 6.07) is 14.6. The fourth-order valence-electron chi connectivity index (χ4n) is 2.36. The quantitative estimate of drug-likeness (QED) is 0.730. The second-order valence-electron chi connectivity index (χ2n) is 4.78. The lowest BCUT2D eigenvalue weighted by atomic mass is 10.1. The number of nitrogens with zero attached hydrogens (tertiary/aromatic N) is 4. The molecule has 0 saturated carbocycles. The fourth-order valence-corrected chi connectivity index (χ4v) is 2.36. The Hall–Kier alpha value is -2.69. The van der Waals surface area contributed by atoms with Gasteiger partial charge in [-0.15, -0.1) is 5.10 Å². The molecule has 1 N–H and O–H groups in total. The minimum atomic E-state index is 0.831. The number of aryl methyl sites for hydroxylation is 2. The number of H-pyrrole nitrogens is 1. The summed E-state index contributed by atoms with van der Waals surface area (Å²) in [6.45, 7) is 0.905. The number of rotatable bonds is 5. The number of aliphatic imine (C=N–C) groups is 1. The van der Waals surface area contributed by atoms with Crippen LogP contribution in [0.5, 0.6) is 0 Å². The summed E-state index contributed by atoms with van der Waals surface area (Å²) in [6.07, 6.45) is 4.79. The van der Waals surface area contributed by atoms with E-state index in [9.17, 15) is 0 Å². The molecule has 5 heteroatoms. The lowest BCUT2D eigenvalue weighted by molar-refractivity contribution is 0.705. The van der Waals surface area contributed by atoms with Gasteiger partial charge in [-0.3, -0.25) is 10.1 Å². The van der Waals surface area contributed by atoms with Crippen LogP contribution in [-0.2, 0) is 13.0 Å².